The van der Waals surface area contributed by atoms with E-state index in [1.165, 1.54) is 6.20 Å². The van der Waals surface area contributed by atoms with Gasteiger partial charge in [-0.25, -0.2) is 9.97 Å². The van der Waals surface area contributed by atoms with Crippen LogP contribution in [0.2, 0.25) is 0 Å². The van der Waals surface area contributed by atoms with E-state index < -0.39 is 0 Å². The molecular weight excluding hydrogens is 256 g/mol. The van der Waals surface area contributed by atoms with Crippen LogP contribution in [-0.4, -0.2) is 39.1 Å². The van der Waals surface area contributed by atoms with Crippen LogP contribution in [0.4, 0.5) is 0 Å². The van der Waals surface area contributed by atoms with Crippen LogP contribution in [0.25, 0.3) is 0 Å². The predicted octanol–water partition coefficient (Wildman–Crippen LogP) is 0.121. The van der Waals surface area contributed by atoms with Crippen molar-refractivity contribution in [3.8, 4) is 11.8 Å². The molecule has 0 atom stereocenters. The molecule has 0 bridgehead atoms. The zero-order chi connectivity index (χ0) is 14.2. The molecule has 2 aromatic rings. The number of nitrogens with one attached hydrogen (secondary N) is 2. The molecule has 0 aliphatic carbocycles. The highest BCUT2D eigenvalue weighted by Crippen LogP contribution is 1.99. The lowest BCUT2D eigenvalue weighted by molar-refractivity contribution is 0.0949. The van der Waals surface area contributed by atoms with E-state index in [4.69, 9.17) is 5.11 Å². The van der Waals surface area contributed by atoms with E-state index in [-0.39, 0.29) is 12.5 Å². The molecule has 0 unspecified atom stereocenters. The fourth-order valence-corrected chi connectivity index (χ4v) is 1.56. The Morgan fingerprint density at radius 3 is 2.95 bits per heavy atom. The summed E-state index contributed by atoms with van der Waals surface area (Å²) in [6.07, 6.45) is 5.55. The van der Waals surface area contributed by atoms with Gasteiger partial charge in [0.25, 0.3) is 5.91 Å². The third kappa shape index (κ3) is 3.93. The van der Waals surface area contributed by atoms with Crippen LogP contribution in [0.5, 0.6) is 0 Å². The number of aliphatic hydroxyl groups excluding tert-OH is 1. The van der Waals surface area contributed by atoms with Gasteiger partial charge in [-0.05, 0) is 12.1 Å². The van der Waals surface area contributed by atoms with E-state index in [0.29, 0.717) is 24.2 Å². The quantitative estimate of drug-likeness (QED) is 0.688. The van der Waals surface area contributed by atoms with Crippen molar-refractivity contribution in [2.75, 3.05) is 13.2 Å². The zero-order valence-corrected chi connectivity index (χ0v) is 10.8. The Bertz CT molecular complexity index is 609. The van der Waals surface area contributed by atoms with Crippen LogP contribution in [0, 0.1) is 11.8 Å². The summed E-state index contributed by atoms with van der Waals surface area (Å²) in [7, 11) is 0. The van der Waals surface area contributed by atoms with E-state index in [9.17, 15) is 4.79 Å². The van der Waals surface area contributed by atoms with Crippen LogP contribution in [-0.2, 0) is 6.42 Å². The summed E-state index contributed by atoms with van der Waals surface area (Å²) in [4.78, 5) is 22.9. The molecule has 0 fully saturated rings. The van der Waals surface area contributed by atoms with Gasteiger partial charge in [0.15, 0.2) is 0 Å². The van der Waals surface area contributed by atoms with Gasteiger partial charge in [-0.1, -0.05) is 11.8 Å². The standard InChI is InChI=1S/C14H14N4O2/c19-9-1-2-11-3-4-12(18-10-11)14(20)17-6-5-13-15-7-8-16-13/h3-4,7-8,10,19H,5-6,9H2,(H,15,16)(H,17,20). The Morgan fingerprint density at radius 1 is 1.40 bits per heavy atom. The third-order valence-electron chi connectivity index (χ3n) is 2.51. The van der Waals surface area contributed by atoms with E-state index in [0.717, 1.165) is 5.82 Å². The molecule has 0 saturated carbocycles. The maximum absolute atomic E-state index is 11.8. The Balaban J connectivity index is 1.85. The topological polar surface area (TPSA) is 90.9 Å². The minimum absolute atomic E-state index is 0.199. The van der Waals surface area contributed by atoms with E-state index >= 15 is 0 Å². The minimum atomic E-state index is -0.238. The molecule has 0 spiro atoms. The number of aliphatic hydroxyl groups is 1. The summed E-state index contributed by atoms with van der Waals surface area (Å²) >= 11 is 0. The number of nitrogens with zero attached hydrogens (tertiary/aromatic N) is 2. The second-order valence-corrected chi connectivity index (χ2v) is 3.93. The van der Waals surface area contributed by atoms with Gasteiger partial charge in [-0.3, -0.25) is 4.79 Å². The molecule has 0 aliphatic heterocycles. The Labute approximate surface area is 116 Å². The van der Waals surface area contributed by atoms with Gasteiger partial charge in [-0.15, -0.1) is 0 Å². The number of carbonyl (C=O) groups is 1. The van der Waals surface area contributed by atoms with Gasteiger partial charge in [-0.2, -0.15) is 0 Å². The molecule has 1 amide bonds. The number of aromatic amines is 1. The highest BCUT2D eigenvalue weighted by atomic mass is 16.2. The maximum Gasteiger partial charge on any atom is 0.269 e. The normalized spacial score (nSPS) is 9.65. The lowest BCUT2D eigenvalue weighted by Crippen LogP contribution is -2.26. The van der Waals surface area contributed by atoms with Gasteiger partial charge in [0.2, 0.25) is 0 Å². The van der Waals surface area contributed by atoms with Gasteiger partial charge in [0.1, 0.15) is 18.1 Å². The summed E-state index contributed by atoms with van der Waals surface area (Å²) < 4.78 is 0. The van der Waals surface area contributed by atoms with Gasteiger partial charge in [0, 0.05) is 37.1 Å². The van der Waals surface area contributed by atoms with Crippen LogP contribution >= 0.6 is 0 Å². The lowest BCUT2D eigenvalue weighted by atomic mass is 10.2. The largest absolute Gasteiger partial charge is 0.384 e. The Hall–Kier alpha value is -2.65. The molecule has 6 nitrogen and oxygen atoms in total. The van der Waals surface area contributed by atoms with Crippen LogP contribution < -0.4 is 5.32 Å². The Kier molecular flexibility index (Phi) is 4.87. The van der Waals surface area contributed by atoms with E-state index in [2.05, 4.69) is 32.1 Å². The van der Waals surface area contributed by atoms with Crippen molar-refractivity contribution in [3.05, 3.63) is 47.8 Å². The summed E-state index contributed by atoms with van der Waals surface area (Å²) in [6.45, 7) is 0.287. The maximum atomic E-state index is 11.8. The molecule has 0 radical (unpaired) electrons. The van der Waals surface area contributed by atoms with Gasteiger partial charge < -0.3 is 15.4 Å². The van der Waals surface area contributed by atoms with Crippen LogP contribution in [0.15, 0.2) is 30.7 Å². The third-order valence-corrected chi connectivity index (χ3v) is 2.51. The Morgan fingerprint density at radius 2 is 2.30 bits per heavy atom. The second kappa shape index (κ2) is 7.07. The molecule has 0 aromatic carbocycles. The fraction of sp³-hybridized carbons (Fsp3) is 0.214. The number of pyridine rings is 1. The van der Waals surface area contributed by atoms with Crippen molar-refractivity contribution in [2.24, 2.45) is 0 Å². The summed E-state index contributed by atoms with van der Waals surface area (Å²) in [5, 5.41) is 11.3. The number of H-pyrrole nitrogens is 1. The van der Waals surface area contributed by atoms with Crippen molar-refractivity contribution in [3.63, 3.8) is 0 Å². The van der Waals surface area contributed by atoms with Crippen molar-refractivity contribution in [1.29, 1.82) is 0 Å². The van der Waals surface area contributed by atoms with E-state index in [1.54, 1.807) is 24.5 Å². The van der Waals surface area contributed by atoms with Gasteiger partial charge >= 0.3 is 0 Å². The molecule has 2 aromatic heterocycles. The zero-order valence-electron chi connectivity index (χ0n) is 10.8. The molecule has 6 heteroatoms. The second-order valence-electron chi connectivity index (χ2n) is 3.93. The van der Waals surface area contributed by atoms with Crippen molar-refractivity contribution in [2.45, 2.75) is 6.42 Å². The summed E-state index contributed by atoms with van der Waals surface area (Å²) in [5.41, 5.74) is 0.991. The van der Waals surface area contributed by atoms with Gasteiger partial charge in [0.05, 0.1) is 0 Å². The molecule has 102 valence electrons. The molecular formula is C14H14N4O2. The number of imidazole rings is 1. The molecule has 2 heterocycles. The highest BCUT2D eigenvalue weighted by molar-refractivity contribution is 5.92. The number of amides is 1. The van der Waals surface area contributed by atoms with Crippen molar-refractivity contribution < 1.29 is 9.90 Å². The first kappa shape index (κ1) is 13.8. The highest BCUT2D eigenvalue weighted by Gasteiger charge is 2.06. The molecule has 0 aliphatic rings. The number of hydrogen-bond acceptors (Lipinski definition) is 4. The monoisotopic (exact) mass is 270 g/mol. The number of carbonyl (C=O) groups excluding carboxylic acids is 1. The first-order chi connectivity index (χ1) is 9.79. The first-order valence-electron chi connectivity index (χ1n) is 6.12. The fourth-order valence-electron chi connectivity index (χ4n) is 1.56. The van der Waals surface area contributed by atoms with Crippen molar-refractivity contribution in [1.82, 2.24) is 20.3 Å². The minimum Gasteiger partial charge on any atom is -0.384 e. The van der Waals surface area contributed by atoms with E-state index in [1.807, 2.05) is 0 Å². The number of rotatable bonds is 4. The number of hydrogen-bond donors (Lipinski definition) is 3. The van der Waals surface area contributed by atoms with Crippen molar-refractivity contribution >= 4 is 5.91 Å². The summed E-state index contributed by atoms with van der Waals surface area (Å²) in [6, 6.07) is 3.29. The van der Waals surface area contributed by atoms with Crippen LogP contribution in [0.3, 0.4) is 0 Å². The SMILES string of the molecule is O=C(NCCc1ncc[nH]1)c1ccc(C#CCO)cn1. The molecule has 3 N–H and O–H groups in total. The molecule has 2 rings (SSSR count). The molecule has 20 heavy (non-hydrogen) atoms. The first-order valence-corrected chi connectivity index (χ1v) is 6.12. The smallest absolute Gasteiger partial charge is 0.269 e. The van der Waals surface area contributed by atoms with Crippen LogP contribution in [0.1, 0.15) is 21.9 Å². The molecule has 0 saturated heterocycles. The average Bonchev–Trinajstić information content (AvgIpc) is 2.99. The summed E-state index contributed by atoms with van der Waals surface area (Å²) in [5.74, 6) is 5.82. The lowest BCUT2D eigenvalue weighted by Gasteiger charge is -2.03. The predicted molar refractivity (Wildman–Crippen MR) is 72.8 cm³/mol. The average molecular weight is 270 g/mol. The number of aromatic nitrogens is 3.